The minimum Gasteiger partial charge on any atom is -0.353 e. The van der Waals surface area contributed by atoms with E-state index in [0.717, 1.165) is 31.0 Å². The number of benzene rings is 2. The van der Waals surface area contributed by atoms with Gasteiger partial charge in [-0.2, -0.15) is 0 Å². The minimum absolute atomic E-state index is 0.0988. The highest BCUT2D eigenvalue weighted by Crippen LogP contribution is 2.34. The van der Waals surface area contributed by atoms with Crippen molar-refractivity contribution in [3.8, 4) is 0 Å². The summed E-state index contributed by atoms with van der Waals surface area (Å²) in [7, 11) is 4.00. The number of nitrogens with one attached hydrogen (secondary N) is 1. The molecule has 1 aliphatic heterocycles. The summed E-state index contributed by atoms with van der Waals surface area (Å²) in [6.45, 7) is 5.16. The van der Waals surface area contributed by atoms with Gasteiger partial charge in [-0.15, -0.1) is 11.8 Å². The number of halogens is 1. The number of rotatable bonds is 8. The number of carbonyl (C=O) groups excluding carboxylic acids is 1. The fraction of sp³-hybridized carbons (Fsp3) is 0.435. The number of hydrogen-bond acceptors (Lipinski definition) is 4. The third-order valence-corrected chi connectivity index (χ3v) is 6.33. The van der Waals surface area contributed by atoms with Crippen LogP contribution < -0.4 is 5.32 Å². The first-order valence-electron chi connectivity index (χ1n) is 10.0. The summed E-state index contributed by atoms with van der Waals surface area (Å²) in [5, 5.41) is 3.39. The van der Waals surface area contributed by atoms with Crippen LogP contribution in [-0.2, 0) is 11.3 Å². The van der Waals surface area contributed by atoms with Crippen LogP contribution in [0.15, 0.2) is 53.4 Å². The number of carbonyl (C=O) groups is 1. The number of aryl methyl sites for hydroxylation is 1. The molecule has 1 heterocycles. The molecule has 0 aromatic heterocycles. The zero-order valence-corrected chi connectivity index (χ0v) is 18.2. The molecule has 1 fully saturated rings. The van der Waals surface area contributed by atoms with Crippen molar-refractivity contribution in [1.29, 1.82) is 0 Å². The van der Waals surface area contributed by atoms with E-state index in [1.807, 2.05) is 26.2 Å². The van der Waals surface area contributed by atoms with E-state index in [-0.39, 0.29) is 17.8 Å². The number of thioether (sulfide) groups is 1. The lowest BCUT2D eigenvalue weighted by atomic mass is 10.1. The predicted molar refractivity (Wildman–Crippen MR) is 118 cm³/mol. The largest absolute Gasteiger partial charge is 0.353 e. The van der Waals surface area contributed by atoms with Crippen molar-refractivity contribution in [2.75, 3.05) is 33.7 Å². The summed E-state index contributed by atoms with van der Waals surface area (Å²) in [5.41, 5.74) is 2.45. The molecule has 1 amide bonds. The monoisotopic (exact) mass is 415 g/mol. The molecule has 2 aromatic carbocycles. The van der Waals surface area contributed by atoms with E-state index in [1.54, 1.807) is 11.8 Å². The molecule has 0 aliphatic carbocycles. The molecule has 3 rings (SSSR count). The van der Waals surface area contributed by atoms with Crippen LogP contribution in [0.25, 0.3) is 0 Å². The second kappa shape index (κ2) is 10.2. The molecular weight excluding hydrogens is 385 g/mol. The van der Waals surface area contributed by atoms with Crippen LogP contribution in [0, 0.1) is 12.7 Å². The highest BCUT2D eigenvalue weighted by molar-refractivity contribution is 8.00. The van der Waals surface area contributed by atoms with Crippen molar-refractivity contribution in [2.24, 2.45) is 0 Å². The van der Waals surface area contributed by atoms with Crippen molar-refractivity contribution >= 4 is 17.7 Å². The Kier molecular flexibility index (Phi) is 7.70. The quantitative estimate of drug-likeness (QED) is 0.715. The molecule has 0 spiro atoms. The normalized spacial score (nSPS) is 19.6. The van der Waals surface area contributed by atoms with Crippen LogP contribution in [0.1, 0.15) is 17.5 Å². The average Bonchev–Trinajstić information content (AvgIpc) is 3.05. The van der Waals surface area contributed by atoms with Crippen molar-refractivity contribution in [3.63, 3.8) is 0 Å². The van der Waals surface area contributed by atoms with Crippen LogP contribution in [0.4, 0.5) is 4.39 Å². The maximum absolute atomic E-state index is 13.2. The number of nitrogens with zero attached hydrogens (tertiary/aromatic N) is 2. The molecule has 0 unspecified atom stereocenters. The molecule has 156 valence electrons. The molecule has 29 heavy (non-hydrogen) atoms. The second-order valence-corrected chi connectivity index (χ2v) is 9.33. The Morgan fingerprint density at radius 3 is 2.69 bits per heavy atom. The van der Waals surface area contributed by atoms with Gasteiger partial charge in [0, 0.05) is 36.3 Å². The zero-order chi connectivity index (χ0) is 20.8. The first-order valence-corrected chi connectivity index (χ1v) is 10.9. The third-order valence-electron chi connectivity index (χ3n) is 5.11. The average molecular weight is 416 g/mol. The molecule has 6 heteroatoms. The Hall–Kier alpha value is -1.89. The van der Waals surface area contributed by atoms with Crippen LogP contribution in [0.3, 0.4) is 0 Å². The van der Waals surface area contributed by atoms with Crippen molar-refractivity contribution < 1.29 is 9.18 Å². The van der Waals surface area contributed by atoms with Gasteiger partial charge in [0.2, 0.25) is 5.91 Å². The first-order chi connectivity index (χ1) is 13.9. The van der Waals surface area contributed by atoms with Crippen LogP contribution in [-0.4, -0.2) is 60.7 Å². The third kappa shape index (κ3) is 6.56. The SMILES string of the molecule is Cc1cccc(CN2C[C@@H](Sc3ccc(F)cc3)C[C@H]2C(=O)NCCN(C)C)c1. The van der Waals surface area contributed by atoms with Gasteiger partial charge in [-0.1, -0.05) is 29.8 Å². The van der Waals surface area contributed by atoms with E-state index < -0.39 is 0 Å². The van der Waals surface area contributed by atoms with E-state index in [9.17, 15) is 9.18 Å². The number of likely N-dealkylation sites (N-methyl/N-ethyl adjacent to an activating group) is 1. The zero-order valence-electron chi connectivity index (χ0n) is 17.4. The molecule has 1 saturated heterocycles. The standard InChI is InChI=1S/C23H30FN3OS/c1-17-5-4-6-18(13-17)15-27-16-21(29-20-9-7-19(24)8-10-20)14-22(27)23(28)25-11-12-26(2)3/h4-10,13,21-22H,11-12,14-16H2,1-3H3,(H,25,28)/t21-,22-/m0/s1. The molecule has 0 bridgehead atoms. The minimum atomic E-state index is -0.222. The number of amides is 1. The Balaban J connectivity index is 1.68. The maximum Gasteiger partial charge on any atom is 0.237 e. The summed E-state index contributed by atoms with van der Waals surface area (Å²) in [6, 6.07) is 14.9. The molecular formula is C23H30FN3OS. The Morgan fingerprint density at radius 1 is 1.24 bits per heavy atom. The van der Waals surface area contributed by atoms with Gasteiger partial charge in [0.25, 0.3) is 0 Å². The van der Waals surface area contributed by atoms with E-state index in [1.165, 1.54) is 23.3 Å². The lowest BCUT2D eigenvalue weighted by molar-refractivity contribution is -0.125. The topological polar surface area (TPSA) is 35.6 Å². The fourth-order valence-electron chi connectivity index (χ4n) is 3.67. The lowest BCUT2D eigenvalue weighted by Gasteiger charge is -2.24. The van der Waals surface area contributed by atoms with E-state index in [0.29, 0.717) is 11.8 Å². The Morgan fingerprint density at radius 2 is 2.00 bits per heavy atom. The number of likely N-dealkylation sites (tertiary alicyclic amines) is 1. The molecule has 4 nitrogen and oxygen atoms in total. The van der Waals surface area contributed by atoms with Gasteiger partial charge in [-0.3, -0.25) is 9.69 Å². The summed E-state index contributed by atoms with van der Waals surface area (Å²) < 4.78 is 13.2. The fourth-order valence-corrected chi connectivity index (χ4v) is 4.89. The maximum atomic E-state index is 13.2. The molecule has 2 aromatic rings. The van der Waals surface area contributed by atoms with Crippen LogP contribution in [0.5, 0.6) is 0 Å². The summed E-state index contributed by atoms with van der Waals surface area (Å²) in [6.07, 6.45) is 0.793. The van der Waals surface area contributed by atoms with E-state index >= 15 is 0 Å². The van der Waals surface area contributed by atoms with E-state index in [4.69, 9.17) is 0 Å². The van der Waals surface area contributed by atoms with Gasteiger partial charge < -0.3 is 10.2 Å². The molecule has 1 aliphatic rings. The van der Waals surface area contributed by atoms with Gasteiger partial charge in [0.1, 0.15) is 5.82 Å². The molecule has 0 saturated carbocycles. The highest BCUT2D eigenvalue weighted by atomic mass is 32.2. The van der Waals surface area contributed by atoms with Crippen molar-refractivity contribution in [1.82, 2.24) is 15.1 Å². The number of hydrogen-bond donors (Lipinski definition) is 1. The first kappa shape index (κ1) is 21.8. The second-order valence-electron chi connectivity index (χ2n) is 7.96. The predicted octanol–water partition coefficient (Wildman–Crippen LogP) is 3.55. The van der Waals surface area contributed by atoms with Gasteiger partial charge in [-0.25, -0.2) is 4.39 Å². The highest BCUT2D eigenvalue weighted by Gasteiger charge is 2.37. The van der Waals surface area contributed by atoms with Crippen molar-refractivity contribution in [3.05, 3.63) is 65.5 Å². The van der Waals surface area contributed by atoms with E-state index in [2.05, 4.69) is 46.3 Å². The summed E-state index contributed by atoms with van der Waals surface area (Å²) in [4.78, 5) is 18.3. The smallest absolute Gasteiger partial charge is 0.237 e. The molecule has 1 N–H and O–H groups in total. The lowest BCUT2D eigenvalue weighted by Crippen LogP contribution is -2.44. The summed E-state index contributed by atoms with van der Waals surface area (Å²) in [5.74, 6) is -0.123. The van der Waals surface area contributed by atoms with Gasteiger partial charge in [0.05, 0.1) is 6.04 Å². The van der Waals surface area contributed by atoms with Crippen LogP contribution >= 0.6 is 11.8 Å². The van der Waals surface area contributed by atoms with Crippen LogP contribution in [0.2, 0.25) is 0 Å². The van der Waals surface area contributed by atoms with Gasteiger partial charge in [0.15, 0.2) is 0 Å². The Labute approximate surface area is 177 Å². The summed E-state index contributed by atoms with van der Waals surface area (Å²) >= 11 is 1.73. The Bertz CT molecular complexity index is 812. The molecule has 2 atom stereocenters. The van der Waals surface area contributed by atoms with Crippen molar-refractivity contribution in [2.45, 2.75) is 36.1 Å². The van der Waals surface area contributed by atoms with Gasteiger partial charge >= 0.3 is 0 Å². The van der Waals surface area contributed by atoms with Gasteiger partial charge in [-0.05, 0) is 57.3 Å². The molecule has 0 radical (unpaired) electrons.